The highest BCUT2D eigenvalue weighted by molar-refractivity contribution is 5.03. The van der Waals surface area contributed by atoms with Gasteiger partial charge in [-0.1, -0.05) is 19.1 Å². The van der Waals surface area contributed by atoms with Crippen LogP contribution in [0.3, 0.4) is 0 Å². The molecule has 0 aliphatic carbocycles. The Morgan fingerprint density at radius 3 is 2.43 bits per heavy atom. The molecule has 1 N–H and O–H groups in total. The number of hydrogen-bond acceptors (Lipinski definition) is 2. The van der Waals surface area contributed by atoms with Crippen LogP contribution in [0.4, 0.5) is 0 Å². The van der Waals surface area contributed by atoms with Crippen molar-refractivity contribution in [2.75, 3.05) is 6.54 Å². The largest absolute Gasteiger partial charge is 0.393 e. The van der Waals surface area contributed by atoms with E-state index in [2.05, 4.69) is 18.4 Å². The molecule has 2 nitrogen and oxygen atoms in total. The van der Waals surface area contributed by atoms with Gasteiger partial charge in [0.2, 0.25) is 0 Å². The van der Waals surface area contributed by atoms with Crippen molar-refractivity contribution in [3.63, 3.8) is 0 Å². The van der Waals surface area contributed by atoms with E-state index in [0.29, 0.717) is 12.1 Å². The van der Waals surface area contributed by atoms with Crippen LogP contribution in [-0.4, -0.2) is 34.7 Å². The number of fused-ring (bicyclic) bond motifs is 2. The predicted molar refractivity (Wildman–Crippen MR) is 58.2 cm³/mol. The molecule has 0 aromatic rings. The summed E-state index contributed by atoms with van der Waals surface area (Å²) < 4.78 is 0. The number of hydrogen-bond donors (Lipinski definition) is 1. The van der Waals surface area contributed by atoms with Crippen molar-refractivity contribution in [2.24, 2.45) is 0 Å². The Morgan fingerprint density at radius 1 is 1.36 bits per heavy atom. The molecule has 2 heteroatoms. The Hall–Kier alpha value is -0.340. The van der Waals surface area contributed by atoms with Crippen molar-refractivity contribution < 1.29 is 5.11 Å². The van der Waals surface area contributed by atoms with Gasteiger partial charge in [-0.15, -0.1) is 0 Å². The third-order valence-corrected chi connectivity index (χ3v) is 3.77. The lowest BCUT2D eigenvalue weighted by molar-refractivity contribution is 0.0405. The van der Waals surface area contributed by atoms with E-state index in [1.54, 1.807) is 0 Å². The summed E-state index contributed by atoms with van der Waals surface area (Å²) in [5, 5.41) is 9.65. The van der Waals surface area contributed by atoms with Gasteiger partial charge < -0.3 is 5.11 Å². The first kappa shape index (κ1) is 10.2. The molecule has 2 fully saturated rings. The maximum atomic E-state index is 9.65. The third-order valence-electron chi connectivity index (χ3n) is 3.77. The van der Waals surface area contributed by atoms with Gasteiger partial charge in [-0.2, -0.15) is 0 Å². The molecular weight excluding hydrogens is 174 g/mol. The SMILES string of the molecule is C=C(CC)CN1C2CCC1CC(O)C2. The van der Waals surface area contributed by atoms with E-state index in [-0.39, 0.29) is 6.10 Å². The molecule has 2 atom stereocenters. The molecule has 0 spiro atoms. The molecule has 0 aromatic carbocycles. The van der Waals surface area contributed by atoms with E-state index in [9.17, 15) is 5.11 Å². The van der Waals surface area contributed by atoms with Crippen molar-refractivity contribution >= 4 is 0 Å². The van der Waals surface area contributed by atoms with Crippen LogP contribution in [-0.2, 0) is 0 Å². The second-order valence-electron chi connectivity index (χ2n) is 4.79. The lowest BCUT2D eigenvalue weighted by Crippen LogP contribution is -2.45. The second-order valence-corrected chi connectivity index (χ2v) is 4.79. The first-order valence-corrected chi connectivity index (χ1v) is 5.81. The van der Waals surface area contributed by atoms with Gasteiger partial charge in [0.1, 0.15) is 0 Å². The van der Waals surface area contributed by atoms with Crippen molar-refractivity contribution in [1.82, 2.24) is 4.90 Å². The van der Waals surface area contributed by atoms with Crippen LogP contribution in [0.5, 0.6) is 0 Å². The fraction of sp³-hybridized carbons (Fsp3) is 0.833. The molecule has 0 radical (unpaired) electrons. The Balaban J connectivity index is 1.97. The van der Waals surface area contributed by atoms with Gasteiger partial charge in [0, 0.05) is 18.6 Å². The summed E-state index contributed by atoms with van der Waals surface area (Å²) in [6, 6.07) is 1.26. The van der Waals surface area contributed by atoms with Crippen LogP contribution in [0.15, 0.2) is 12.2 Å². The first-order valence-electron chi connectivity index (χ1n) is 5.81. The van der Waals surface area contributed by atoms with Crippen LogP contribution >= 0.6 is 0 Å². The summed E-state index contributed by atoms with van der Waals surface area (Å²) in [6.07, 6.45) is 5.55. The number of piperidine rings is 1. The molecule has 2 heterocycles. The van der Waals surface area contributed by atoms with Gasteiger partial charge in [0.25, 0.3) is 0 Å². The highest BCUT2D eigenvalue weighted by atomic mass is 16.3. The summed E-state index contributed by atoms with van der Waals surface area (Å²) in [5.74, 6) is 0. The summed E-state index contributed by atoms with van der Waals surface area (Å²) >= 11 is 0. The summed E-state index contributed by atoms with van der Waals surface area (Å²) in [4.78, 5) is 2.57. The summed E-state index contributed by atoms with van der Waals surface area (Å²) in [7, 11) is 0. The van der Waals surface area contributed by atoms with Crippen LogP contribution in [0.25, 0.3) is 0 Å². The van der Waals surface area contributed by atoms with Crippen molar-refractivity contribution in [3.05, 3.63) is 12.2 Å². The molecule has 2 rings (SSSR count). The molecule has 2 bridgehead atoms. The number of nitrogens with zero attached hydrogens (tertiary/aromatic N) is 1. The molecular formula is C12H21NO. The minimum absolute atomic E-state index is 0.0429. The normalized spacial score (nSPS) is 37.4. The van der Waals surface area contributed by atoms with Crippen molar-refractivity contribution in [1.29, 1.82) is 0 Å². The zero-order valence-electron chi connectivity index (χ0n) is 9.08. The van der Waals surface area contributed by atoms with E-state index >= 15 is 0 Å². The van der Waals surface area contributed by atoms with E-state index in [1.165, 1.54) is 18.4 Å². The fourth-order valence-electron chi connectivity index (χ4n) is 2.87. The molecule has 14 heavy (non-hydrogen) atoms. The van der Waals surface area contributed by atoms with Gasteiger partial charge in [-0.3, -0.25) is 4.90 Å². The maximum absolute atomic E-state index is 9.65. The monoisotopic (exact) mass is 195 g/mol. The highest BCUT2D eigenvalue weighted by Gasteiger charge is 2.39. The number of aliphatic hydroxyl groups excluding tert-OH is 1. The van der Waals surface area contributed by atoms with Gasteiger partial charge >= 0.3 is 0 Å². The Bertz CT molecular complexity index is 212. The molecule has 0 amide bonds. The molecule has 0 saturated carbocycles. The van der Waals surface area contributed by atoms with Crippen LogP contribution in [0, 0.1) is 0 Å². The molecule has 2 saturated heterocycles. The average molecular weight is 195 g/mol. The van der Waals surface area contributed by atoms with Gasteiger partial charge in [-0.05, 0) is 32.1 Å². The van der Waals surface area contributed by atoms with Crippen LogP contribution < -0.4 is 0 Å². The smallest absolute Gasteiger partial charge is 0.0570 e. The lowest BCUT2D eigenvalue weighted by atomic mass is 9.99. The summed E-state index contributed by atoms with van der Waals surface area (Å²) in [5.41, 5.74) is 1.33. The fourth-order valence-corrected chi connectivity index (χ4v) is 2.87. The van der Waals surface area contributed by atoms with E-state index < -0.39 is 0 Å². The van der Waals surface area contributed by atoms with Crippen LogP contribution in [0.1, 0.15) is 39.0 Å². The molecule has 0 aromatic heterocycles. The van der Waals surface area contributed by atoms with Crippen molar-refractivity contribution in [2.45, 2.75) is 57.2 Å². The van der Waals surface area contributed by atoms with Crippen LogP contribution in [0.2, 0.25) is 0 Å². The first-order chi connectivity index (χ1) is 6.70. The van der Waals surface area contributed by atoms with E-state index in [1.807, 2.05) is 0 Å². The molecule has 2 unspecified atom stereocenters. The minimum Gasteiger partial charge on any atom is -0.393 e. The van der Waals surface area contributed by atoms with E-state index in [0.717, 1.165) is 25.8 Å². The van der Waals surface area contributed by atoms with Gasteiger partial charge in [0.05, 0.1) is 6.10 Å². The third kappa shape index (κ3) is 1.86. The van der Waals surface area contributed by atoms with Crippen molar-refractivity contribution in [3.8, 4) is 0 Å². The zero-order chi connectivity index (χ0) is 10.1. The number of aliphatic hydroxyl groups is 1. The average Bonchev–Trinajstić information content (AvgIpc) is 2.41. The standard InChI is InChI=1S/C12H21NO/c1-3-9(2)8-13-10-4-5-11(13)7-12(14)6-10/h10-12,14H,2-8H2,1H3. The molecule has 80 valence electrons. The Kier molecular flexibility index (Phi) is 2.93. The second kappa shape index (κ2) is 4.03. The van der Waals surface area contributed by atoms with Gasteiger partial charge in [-0.25, -0.2) is 0 Å². The topological polar surface area (TPSA) is 23.5 Å². The number of rotatable bonds is 3. The maximum Gasteiger partial charge on any atom is 0.0570 e. The molecule has 2 aliphatic heterocycles. The Morgan fingerprint density at radius 2 is 1.93 bits per heavy atom. The lowest BCUT2D eigenvalue weighted by Gasteiger charge is -2.37. The molecule has 2 aliphatic rings. The zero-order valence-corrected chi connectivity index (χ0v) is 9.08. The summed E-state index contributed by atoms with van der Waals surface area (Å²) in [6.45, 7) is 7.30. The van der Waals surface area contributed by atoms with Gasteiger partial charge in [0.15, 0.2) is 0 Å². The minimum atomic E-state index is -0.0429. The van der Waals surface area contributed by atoms with E-state index in [4.69, 9.17) is 0 Å². The predicted octanol–water partition coefficient (Wildman–Crippen LogP) is 1.94. The Labute approximate surface area is 86.6 Å². The highest BCUT2D eigenvalue weighted by Crippen LogP contribution is 2.36. The quantitative estimate of drug-likeness (QED) is 0.696.